The predicted molar refractivity (Wildman–Crippen MR) is 78.0 cm³/mol. The van der Waals surface area contributed by atoms with Gasteiger partial charge in [0.05, 0.1) is 6.61 Å². The summed E-state index contributed by atoms with van der Waals surface area (Å²) >= 11 is 0. The van der Waals surface area contributed by atoms with Gasteiger partial charge in [0, 0.05) is 18.0 Å². The number of nitrogens with one attached hydrogen (secondary N) is 1. The van der Waals surface area contributed by atoms with E-state index in [9.17, 15) is 0 Å². The van der Waals surface area contributed by atoms with Gasteiger partial charge in [-0.15, -0.1) is 0 Å². The molecule has 0 aromatic heterocycles. The minimum atomic E-state index is -0.0764. The summed E-state index contributed by atoms with van der Waals surface area (Å²) < 4.78 is 11.8. The van der Waals surface area contributed by atoms with E-state index in [1.165, 1.54) is 5.56 Å². The van der Waals surface area contributed by atoms with Crippen LogP contribution in [0.5, 0.6) is 11.5 Å². The molecule has 1 heterocycles. The van der Waals surface area contributed by atoms with E-state index in [0.29, 0.717) is 12.6 Å². The summed E-state index contributed by atoms with van der Waals surface area (Å²) in [5.74, 6) is 1.91. The maximum absolute atomic E-state index is 6.18. The van der Waals surface area contributed by atoms with Crippen LogP contribution in [0.15, 0.2) is 18.2 Å². The van der Waals surface area contributed by atoms with Gasteiger partial charge in [0.1, 0.15) is 17.1 Å². The van der Waals surface area contributed by atoms with Gasteiger partial charge >= 0.3 is 0 Å². The fourth-order valence-electron chi connectivity index (χ4n) is 2.64. The summed E-state index contributed by atoms with van der Waals surface area (Å²) in [5, 5.41) is 3.56. The van der Waals surface area contributed by atoms with Crippen molar-refractivity contribution in [1.82, 2.24) is 5.32 Å². The summed E-state index contributed by atoms with van der Waals surface area (Å²) in [6.07, 6.45) is 2.02. The lowest BCUT2D eigenvalue weighted by Crippen LogP contribution is -2.41. The van der Waals surface area contributed by atoms with Crippen LogP contribution in [0.2, 0.25) is 0 Å². The molecule has 1 aromatic rings. The molecule has 0 saturated heterocycles. The molecule has 2 rings (SSSR count). The molecule has 0 spiro atoms. The highest BCUT2D eigenvalue weighted by molar-refractivity contribution is 5.44. The summed E-state index contributed by atoms with van der Waals surface area (Å²) in [6.45, 7) is 10.2. The Bertz CT molecular complexity index is 433. The molecule has 1 aromatic carbocycles. The van der Waals surface area contributed by atoms with Crippen molar-refractivity contribution in [3.05, 3.63) is 23.8 Å². The first-order valence-corrected chi connectivity index (χ1v) is 7.31. The third kappa shape index (κ3) is 3.03. The molecule has 0 amide bonds. The van der Waals surface area contributed by atoms with Crippen LogP contribution in [0.25, 0.3) is 0 Å². The molecule has 1 N–H and O–H groups in total. The fraction of sp³-hybridized carbons (Fsp3) is 0.625. The maximum Gasteiger partial charge on any atom is 0.125 e. The van der Waals surface area contributed by atoms with E-state index in [1.54, 1.807) is 0 Å². The van der Waals surface area contributed by atoms with Gasteiger partial charge in [0.25, 0.3) is 0 Å². The van der Waals surface area contributed by atoms with Crippen molar-refractivity contribution in [3.8, 4) is 11.5 Å². The van der Waals surface area contributed by atoms with Crippen molar-refractivity contribution in [1.29, 1.82) is 0 Å². The third-order valence-electron chi connectivity index (χ3n) is 3.86. The minimum Gasteiger partial charge on any atom is -0.494 e. The Kier molecular flexibility index (Phi) is 4.35. The molecule has 0 fully saturated rings. The topological polar surface area (TPSA) is 30.5 Å². The molecule has 1 aliphatic rings. The highest BCUT2D eigenvalue weighted by atomic mass is 16.5. The second-order valence-electron chi connectivity index (χ2n) is 5.35. The van der Waals surface area contributed by atoms with Gasteiger partial charge in [-0.1, -0.05) is 13.8 Å². The molecule has 3 heteroatoms. The van der Waals surface area contributed by atoms with E-state index in [2.05, 4.69) is 32.2 Å². The third-order valence-corrected chi connectivity index (χ3v) is 3.86. The highest BCUT2D eigenvalue weighted by Gasteiger charge is 2.35. The van der Waals surface area contributed by atoms with Crippen LogP contribution in [0.4, 0.5) is 0 Å². The molecule has 2 unspecified atom stereocenters. The second kappa shape index (κ2) is 5.83. The zero-order valence-corrected chi connectivity index (χ0v) is 12.5. The SMILES string of the molecule is CCNC1CC(C)(CC)Oc2ccc(OCC)cc21. The molecule has 0 bridgehead atoms. The Labute approximate surface area is 116 Å². The molecule has 0 saturated carbocycles. The van der Waals surface area contributed by atoms with Crippen LogP contribution in [-0.4, -0.2) is 18.8 Å². The van der Waals surface area contributed by atoms with Gasteiger partial charge in [-0.2, -0.15) is 0 Å². The van der Waals surface area contributed by atoms with Gasteiger partial charge < -0.3 is 14.8 Å². The quantitative estimate of drug-likeness (QED) is 0.879. The number of rotatable bonds is 5. The number of fused-ring (bicyclic) bond motifs is 1. The number of benzene rings is 1. The largest absolute Gasteiger partial charge is 0.494 e. The van der Waals surface area contributed by atoms with Gasteiger partial charge in [0.2, 0.25) is 0 Å². The summed E-state index contributed by atoms with van der Waals surface area (Å²) in [6, 6.07) is 6.49. The molecule has 3 nitrogen and oxygen atoms in total. The smallest absolute Gasteiger partial charge is 0.125 e. The standard InChI is InChI=1S/C16H25NO2/c1-5-16(4)11-14(17-6-2)13-10-12(18-7-3)8-9-15(13)19-16/h8-10,14,17H,5-7,11H2,1-4H3. The molecule has 2 atom stereocenters. The van der Waals surface area contributed by atoms with Gasteiger partial charge in [0.15, 0.2) is 0 Å². The first kappa shape index (κ1) is 14.2. The van der Waals surface area contributed by atoms with E-state index >= 15 is 0 Å². The van der Waals surface area contributed by atoms with E-state index in [1.807, 2.05) is 19.1 Å². The summed E-state index contributed by atoms with van der Waals surface area (Å²) in [5.41, 5.74) is 1.14. The zero-order valence-electron chi connectivity index (χ0n) is 12.5. The average molecular weight is 263 g/mol. The van der Waals surface area contributed by atoms with E-state index < -0.39 is 0 Å². The number of ether oxygens (including phenoxy) is 2. The Morgan fingerprint density at radius 3 is 2.79 bits per heavy atom. The first-order chi connectivity index (χ1) is 9.11. The average Bonchev–Trinajstić information content (AvgIpc) is 2.40. The minimum absolute atomic E-state index is 0.0764. The van der Waals surface area contributed by atoms with E-state index in [4.69, 9.17) is 9.47 Å². The summed E-state index contributed by atoms with van der Waals surface area (Å²) in [7, 11) is 0. The van der Waals surface area contributed by atoms with Crippen molar-refractivity contribution in [2.24, 2.45) is 0 Å². The Hall–Kier alpha value is -1.22. The van der Waals surface area contributed by atoms with Gasteiger partial charge in [-0.05, 0) is 45.0 Å². The number of hydrogen-bond acceptors (Lipinski definition) is 3. The van der Waals surface area contributed by atoms with Crippen LogP contribution in [-0.2, 0) is 0 Å². The normalized spacial score (nSPS) is 25.6. The van der Waals surface area contributed by atoms with Crippen molar-refractivity contribution < 1.29 is 9.47 Å². The van der Waals surface area contributed by atoms with Crippen LogP contribution >= 0.6 is 0 Å². The fourth-order valence-corrected chi connectivity index (χ4v) is 2.64. The molecule has 0 radical (unpaired) electrons. The zero-order chi connectivity index (χ0) is 13.9. The Morgan fingerprint density at radius 1 is 1.37 bits per heavy atom. The lowest BCUT2D eigenvalue weighted by Gasteiger charge is -2.40. The van der Waals surface area contributed by atoms with Crippen molar-refractivity contribution in [3.63, 3.8) is 0 Å². The second-order valence-corrected chi connectivity index (χ2v) is 5.35. The monoisotopic (exact) mass is 263 g/mol. The van der Waals surface area contributed by atoms with Crippen molar-refractivity contribution in [2.75, 3.05) is 13.2 Å². The Morgan fingerprint density at radius 2 is 2.16 bits per heavy atom. The molecule has 0 aliphatic carbocycles. The summed E-state index contributed by atoms with van der Waals surface area (Å²) in [4.78, 5) is 0. The van der Waals surface area contributed by atoms with Gasteiger partial charge in [-0.25, -0.2) is 0 Å². The lowest BCUT2D eigenvalue weighted by molar-refractivity contribution is 0.0444. The van der Waals surface area contributed by atoms with E-state index in [0.717, 1.165) is 30.9 Å². The molecule has 19 heavy (non-hydrogen) atoms. The van der Waals surface area contributed by atoms with Crippen LogP contribution in [0.1, 0.15) is 52.1 Å². The molecular weight excluding hydrogens is 238 g/mol. The first-order valence-electron chi connectivity index (χ1n) is 7.31. The molecule has 106 valence electrons. The predicted octanol–water partition coefficient (Wildman–Crippen LogP) is 3.69. The van der Waals surface area contributed by atoms with Crippen molar-refractivity contribution >= 4 is 0 Å². The molecule has 1 aliphatic heterocycles. The molecular formula is C16H25NO2. The van der Waals surface area contributed by atoms with Gasteiger partial charge in [-0.3, -0.25) is 0 Å². The van der Waals surface area contributed by atoms with Crippen LogP contribution in [0.3, 0.4) is 0 Å². The Balaban J connectivity index is 2.34. The van der Waals surface area contributed by atoms with E-state index in [-0.39, 0.29) is 5.60 Å². The van der Waals surface area contributed by atoms with Crippen LogP contribution < -0.4 is 14.8 Å². The highest BCUT2D eigenvalue weighted by Crippen LogP contribution is 2.42. The maximum atomic E-state index is 6.18. The van der Waals surface area contributed by atoms with Crippen molar-refractivity contribution in [2.45, 2.75) is 52.2 Å². The van der Waals surface area contributed by atoms with Crippen LogP contribution in [0, 0.1) is 0 Å². The lowest BCUT2D eigenvalue weighted by atomic mass is 9.86. The number of hydrogen-bond donors (Lipinski definition) is 1.